The van der Waals surface area contributed by atoms with Crippen LogP contribution in [0.5, 0.6) is 5.75 Å². The second-order valence-corrected chi connectivity index (χ2v) is 9.45. The van der Waals surface area contributed by atoms with Crippen LogP contribution in [0.15, 0.2) is 42.5 Å². The average Bonchev–Trinajstić information content (AvgIpc) is 3.31. The molecule has 0 spiro atoms. The molecule has 1 fully saturated rings. The minimum absolute atomic E-state index is 0.0170. The van der Waals surface area contributed by atoms with Crippen molar-refractivity contribution in [2.45, 2.75) is 65.0 Å². The van der Waals surface area contributed by atoms with Crippen LogP contribution in [0.3, 0.4) is 0 Å². The zero-order valence-electron chi connectivity index (χ0n) is 19.4. The number of rotatable bonds is 6. The first-order valence-corrected chi connectivity index (χ1v) is 11.8. The minimum atomic E-state index is -0.133. The molecular weight excluding hydrogens is 400 g/mol. The topological polar surface area (TPSA) is 58.6 Å². The lowest BCUT2D eigenvalue weighted by molar-refractivity contribution is -0.137. The van der Waals surface area contributed by atoms with Gasteiger partial charge in [0.25, 0.3) is 5.91 Å². The Morgan fingerprint density at radius 3 is 2.50 bits per heavy atom. The van der Waals surface area contributed by atoms with E-state index in [1.165, 1.54) is 11.1 Å². The standard InChI is InChI=1S/C27H34N2O3/c1-18(2)28-25(30)17-32-23-13-12-20-14-15-29(27(31)22-6-4-5-7-22)26(24(20)16-23)21-10-8-19(3)9-11-21/h8-13,16,18,22,26H,4-7,14-15,17H2,1-3H3,(H,28,30). The third kappa shape index (κ3) is 4.98. The summed E-state index contributed by atoms with van der Waals surface area (Å²) in [6, 6.07) is 14.5. The van der Waals surface area contributed by atoms with Crippen LogP contribution in [-0.4, -0.2) is 35.9 Å². The van der Waals surface area contributed by atoms with Crippen LogP contribution in [0.4, 0.5) is 0 Å². The summed E-state index contributed by atoms with van der Waals surface area (Å²) in [5, 5.41) is 2.85. The third-order valence-electron chi connectivity index (χ3n) is 6.55. The van der Waals surface area contributed by atoms with Crippen LogP contribution in [-0.2, 0) is 16.0 Å². The molecule has 1 heterocycles. The summed E-state index contributed by atoms with van der Waals surface area (Å²) in [7, 11) is 0. The molecule has 170 valence electrons. The Kier molecular flexibility index (Phi) is 6.83. The maximum atomic E-state index is 13.5. The van der Waals surface area contributed by atoms with Crippen LogP contribution in [0.2, 0.25) is 0 Å². The Balaban J connectivity index is 1.64. The molecule has 1 unspecified atom stereocenters. The third-order valence-corrected chi connectivity index (χ3v) is 6.55. The number of nitrogens with zero attached hydrogens (tertiary/aromatic N) is 1. The molecular formula is C27H34N2O3. The van der Waals surface area contributed by atoms with Gasteiger partial charge in [-0.25, -0.2) is 0 Å². The molecule has 5 heteroatoms. The monoisotopic (exact) mass is 434 g/mol. The quantitative estimate of drug-likeness (QED) is 0.725. The van der Waals surface area contributed by atoms with E-state index >= 15 is 0 Å². The Labute approximate surface area is 191 Å². The van der Waals surface area contributed by atoms with E-state index in [0.29, 0.717) is 5.75 Å². The normalized spacial score (nSPS) is 18.5. The van der Waals surface area contributed by atoms with Crippen LogP contribution >= 0.6 is 0 Å². The number of benzene rings is 2. The summed E-state index contributed by atoms with van der Waals surface area (Å²) in [5.74, 6) is 0.950. The van der Waals surface area contributed by atoms with Gasteiger partial charge in [0.05, 0.1) is 6.04 Å². The molecule has 1 saturated carbocycles. The fourth-order valence-electron chi connectivity index (χ4n) is 4.95. The van der Waals surface area contributed by atoms with E-state index in [-0.39, 0.29) is 36.4 Å². The van der Waals surface area contributed by atoms with Crippen LogP contribution in [0.25, 0.3) is 0 Å². The fourth-order valence-corrected chi connectivity index (χ4v) is 4.95. The van der Waals surface area contributed by atoms with Crippen molar-refractivity contribution in [1.82, 2.24) is 10.2 Å². The Morgan fingerprint density at radius 1 is 1.09 bits per heavy atom. The lowest BCUT2D eigenvalue weighted by Gasteiger charge is -2.39. The van der Waals surface area contributed by atoms with E-state index in [1.807, 2.05) is 26.0 Å². The molecule has 1 N–H and O–H groups in total. The first-order valence-electron chi connectivity index (χ1n) is 11.8. The molecule has 5 nitrogen and oxygen atoms in total. The Morgan fingerprint density at radius 2 is 1.81 bits per heavy atom. The zero-order valence-corrected chi connectivity index (χ0v) is 19.4. The van der Waals surface area contributed by atoms with Crippen molar-refractivity contribution in [1.29, 1.82) is 0 Å². The second kappa shape index (κ2) is 9.76. The van der Waals surface area contributed by atoms with Crippen molar-refractivity contribution in [2.24, 2.45) is 5.92 Å². The molecule has 32 heavy (non-hydrogen) atoms. The molecule has 0 aromatic heterocycles. The molecule has 2 aliphatic rings. The zero-order chi connectivity index (χ0) is 22.7. The summed E-state index contributed by atoms with van der Waals surface area (Å²) in [6.07, 6.45) is 5.12. The van der Waals surface area contributed by atoms with Crippen molar-refractivity contribution in [3.8, 4) is 5.75 Å². The molecule has 4 rings (SSSR count). The van der Waals surface area contributed by atoms with Gasteiger partial charge in [0.2, 0.25) is 5.91 Å². The van der Waals surface area contributed by atoms with Gasteiger partial charge in [-0.1, -0.05) is 48.7 Å². The number of aryl methyl sites for hydroxylation is 1. The number of carbonyl (C=O) groups excluding carboxylic acids is 2. The minimum Gasteiger partial charge on any atom is -0.484 e. The first-order chi connectivity index (χ1) is 15.4. The summed E-state index contributed by atoms with van der Waals surface area (Å²) in [4.78, 5) is 27.6. The summed E-state index contributed by atoms with van der Waals surface area (Å²) >= 11 is 0. The molecule has 1 atom stereocenters. The van der Waals surface area contributed by atoms with Gasteiger partial charge in [0, 0.05) is 18.5 Å². The van der Waals surface area contributed by atoms with Crippen LogP contribution in [0.1, 0.15) is 67.8 Å². The predicted octanol–water partition coefficient (Wildman–Crippen LogP) is 4.56. The number of amides is 2. The molecule has 0 saturated heterocycles. The highest BCUT2D eigenvalue weighted by molar-refractivity contribution is 5.80. The predicted molar refractivity (Wildman–Crippen MR) is 126 cm³/mol. The molecule has 0 bridgehead atoms. The number of hydrogen-bond acceptors (Lipinski definition) is 3. The van der Waals surface area contributed by atoms with Gasteiger partial charge >= 0.3 is 0 Å². The van der Waals surface area contributed by atoms with E-state index in [2.05, 4.69) is 47.5 Å². The van der Waals surface area contributed by atoms with Crippen molar-refractivity contribution in [3.05, 3.63) is 64.7 Å². The second-order valence-electron chi connectivity index (χ2n) is 9.45. The van der Waals surface area contributed by atoms with Gasteiger partial charge in [-0.2, -0.15) is 0 Å². The summed E-state index contributed by atoms with van der Waals surface area (Å²) in [5.41, 5.74) is 4.67. The molecule has 1 aliphatic carbocycles. The van der Waals surface area contributed by atoms with Gasteiger partial charge in [0.15, 0.2) is 6.61 Å². The average molecular weight is 435 g/mol. The number of carbonyl (C=O) groups is 2. The Bertz CT molecular complexity index is 961. The van der Waals surface area contributed by atoms with Gasteiger partial charge in [-0.05, 0) is 68.9 Å². The molecule has 0 radical (unpaired) electrons. The van der Waals surface area contributed by atoms with E-state index in [1.54, 1.807) is 0 Å². The van der Waals surface area contributed by atoms with Crippen molar-refractivity contribution in [3.63, 3.8) is 0 Å². The SMILES string of the molecule is Cc1ccc(C2c3cc(OCC(=O)NC(C)C)ccc3CCN2C(=O)C2CCCC2)cc1. The highest BCUT2D eigenvalue weighted by Crippen LogP contribution is 2.39. The summed E-state index contributed by atoms with van der Waals surface area (Å²) < 4.78 is 5.82. The number of ether oxygens (including phenoxy) is 1. The largest absolute Gasteiger partial charge is 0.484 e. The summed E-state index contributed by atoms with van der Waals surface area (Å²) in [6.45, 7) is 6.65. The molecule has 2 aromatic rings. The number of nitrogens with one attached hydrogen (secondary N) is 1. The van der Waals surface area contributed by atoms with Crippen LogP contribution < -0.4 is 10.1 Å². The van der Waals surface area contributed by atoms with Crippen molar-refractivity contribution in [2.75, 3.05) is 13.2 Å². The van der Waals surface area contributed by atoms with Gasteiger partial charge < -0.3 is 15.0 Å². The van der Waals surface area contributed by atoms with Gasteiger partial charge in [-0.15, -0.1) is 0 Å². The molecule has 2 amide bonds. The van der Waals surface area contributed by atoms with E-state index < -0.39 is 0 Å². The highest BCUT2D eigenvalue weighted by Gasteiger charge is 2.36. The van der Waals surface area contributed by atoms with E-state index in [4.69, 9.17) is 4.74 Å². The lowest BCUT2D eigenvalue weighted by Crippen LogP contribution is -2.43. The highest BCUT2D eigenvalue weighted by atomic mass is 16.5. The smallest absolute Gasteiger partial charge is 0.258 e. The fraction of sp³-hybridized carbons (Fsp3) is 0.481. The molecule has 1 aliphatic heterocycles. The maximum Gasteiger partial charge on any atom is 0.258 e. The maximum absolute atomic E-state index is 13.5. The Hall–Kier alpha value is -2.82. The van der Waals surface area contributed by atoms with Gasteiger partial charge in [-0.3, -0.25) is 9.59 Å². The number of fused-ring (bicyclic) bond motifs is 1. The van der Waals surface area contributed by atoms with Crippen molar-refractivity contribution < 1.29 is 14.3 Å². The van der Waals surface area contributed by atoms with Crippen LogP contribution in [0, 0.1) is 12.8 Å². The van der Waals surface area contributed by atoms with Crippen molar-refractivity contribution >= 4 is 11.8 Å². The van der Waals surface area contributed by atoms with Gasteiger partial charge in [0.1, 0.15) is 5.75 Å². The molecule has 2 aromatic carbocycles. The van der Waals surface area contributed by atoms with E-state index in [9.17, 15) is 9.59 Å². The van der Waals surface area contributed by atoms with E-state index in [0.717, 1.165) is 49.8 Å². The lowest BCUT2D eigenvalue weighted by atomic mass is 9.86. The number of hydrogen-bond donors (Lipinski definition) is 1. The first kappa shape index (κ1) is 22.4.